The maximum absolute atomic E-state index is 2.19. The van der Waals surface area contributed by atoms with Crippen molar-refractivity contribution < 1.29 is 31.0 Å². The standard InChI is InChI=1S/C14H10S.Na.H/c1-2-7-12-11(5-1)6-3-8-13(12)14-9-4-10-15-14;;/h1-10H;;/q;+1;-1. The minimum Gasteiger partial charge on any atom is -1.00 e. The van der Waals surface area contributed by atoms with Crippen molar-refractivity contribution in [3.63, 3.8) is 0 Å². The Balaban J connectivity index is 0.000000722. The Labute approximate surface area is 123 Å². The minimum absolute atomic E-state index is 0. The molecule has 0 aliphatic heterocycles. The molecule has 74 valence electrons. The van der Waals surface area contributed by atoms with Gasteiger partial charge in [0.2, 0.25) is 0 Å². The second-order valence-corrected chi connectivity index (χ2v) is 4.45. The number of fused-ring (bicyclic) bond motifs is 1. The normalized spacial score (nSPS) is 10.0. The Hall–Kier alpha value is -0.600. The van der Waals surface area contributed by atoms with Crippen LogP contribution < -0.4 is 29.6 Å². The van der Waals surface area contributed by atoms with Crippen molar-refractivity contribution in [2.24, 2.45) is 0 Å². The van der Waals surface area contributed by atoms with Crippen LogP contribution >= 0.6 is 11.3 Å². The Morgan fingerprint density at radius 3 is 2.44 bits per heavy atom. The van der Waals surface area contributed by atoms with Gasteiger partial charge >= 0.3 is 29.6 Å². The molecule has 2 aromatic carbocycles. The van der Waals surface area contributed by atoms with Crippen LogP contribution in [0.5, 0.6) is 0 Å². The van der Waals surface area contributed by atoms with Crippen molar-refractivity contribution in [3.05, 3.63) is 60.0 Å². The fourth-order valence-corrected chi connectivity index (χ4v) is 2.64. The molecule has 0 amide bonds. The third kappa shape index (κ3) is 2.09. The molecule has 0 N–H and O–H groups in total. The number of thiophene rings is 1. The first-order chi connectivity index (χ1) is 7.45. The molecular formula is C14H11NaS. The Bertz CT molecular complexity index is 585. The second kappa shape index (κ2) is 5.15. The topological polar surface area (TPSA) is 0 Å². The van der Waals surface area contributed by atoms with E-state index in [9.17, 15) is 0 Å². The fraction of sp³-hybridized carbons (Fsp3) is 0. The van der Waals surface area contributed by atoms with Crippen LogP contribution in [0.25, 0.3) is 21.2 Å². The smallest absolute Gasteiger partial charge is 1.00 e. The van der Waals surface area contributed by atoms with E-state index in [-0.39, 0.29) is 31.0 Å². The maximum Gasteiger partial charge on any atom is 1.00 e. The zero-order chi connectivity index (χ0) is 10.1. The predicted molar refractivity (Wildman–Crippen MR) is 68.4 cm³/mol. The largest absolute Gasteiger partial charge is 1.00 e. The molecule has 1 heterocycles. The van der Waals surface area contributed by atoms with E-state index < -0.39 is 0 Å². The molecule has 0 saturated carbocycles. The molecule has 0 unspecified atom stereocenters. The van der Waals surface area contributed by atoms with Crippen LogP contribution in [0.4, 0.5) is 0 Å². The molecule has 0 radical (unpaired) electrons. The van der Waals surface area contributed by atoms with Crippen LogP contribution in [0.1, 0.15) is 1.43 Å². The summed E-state index contributed by atoms with van der Waals surface area (Å²) in [6.07, 6.45) is 0. The molecule has 0 spiro atoms. The second-order valence-electron chi connectivity index (χ2n) is 3.50. The SMILES string of the molecule is [H-].[Na+].c1csc(-c2cccc3ccccc23)c1. The van der Waals surface area contributed by atoms with Gasteiger partial charge in [0.05, 0.1) is 0 Å². The van der Waals surface area contributed by atoms with Crippen molar-refractivity contribution in [2.45, 2.75) is 0 Å². The van der Waals surface area contributed by atoms with E-state index in [1.165, 1.54) is 21.2 Å². The zero-order valence-electron chi connectivity index (χ0n) is 10.2. The molecule has 3 aromatic rings. The van der Waals surface area contributed by atoms with Gasteiger partial charge in [-0.25, -0.2) is 0 Å². The van der Waals surface area contributed by atoms with E-state index in [0.29, 0.717) is 0 Å². The molecule has 0 bridgehead atoms. The molecule has 0 atom stereocenters. The van der Waals surface area contributed by atoms with Crippen molar-refractivity contribution in [3.8, 4) is 10.4 Å². The first-order valence-electron chi connectivity index (χ1n) is 4.97. The van der Waals surface area contributed by atoms with Gasteiger partial charge in [-0.2, -0.15) is 0 Å². The van der Waals surface area contributed by atoms with E-state index in [1.807, 2.05) is 0 Å². The quantitative estimate of drug-likeness (QED) is 0.562. The van der Waals surface area contributed by atoms with Crippen molar-refractivity contribution in [2.75, 3.05) is 0 Å². The summed E-state index contributed by atoms with van der Waals surface area (Å²) < 4.78 is 0. The number of rotatable bonds is 1. The zero-order valence-corrected chi connectivity index (χ0v) is 12.0. The molecule has 0 nitrogen and oxygen atoms in total. The minimum atomic E-state index is 0. The van der Waals surface area contributed by atoms with Gasteiger partial charge in [0.1, 0.15) is 0 Å². The summed E-state index contributed by atoms with van der Waals surface area (Å²) in [6.45, 7) is 0. The van der Waals surface area contributed by atoms with Crippen LogP contribution in [0, 0.1) is 0 Å². The van der Waals surface area contributed by atoms with Gasteiger partial charge < -0.3 is 1.43 Å². The molecule has 0 aliphatic carbocycles. The molecule has 0 fully saturated rings. The van der Waals surface area contributed by atoms with Crippen molar-refractivity contribution in [1.82, 2.24) is 0 Å². The van der Waals surface area contributed by atoms with E-state index in [1.54, 1.807) is 11.3 Å². The average molecular weight is 234 g/mol. The maximum atomic E-state index is 2.19. The van der Waals surface area contributed by atoms with Crippen LogP contribution in [0.2, 0.25) is 0 Å². The fourth-order valence-electron chi connectivity index (χ4n) is 1.87. The monoisotopic (exact) mass is 234 g/mol. The van der Waals surface area contributed by atoms with Crippen molar-refractivity contribution >= 4 is 22.1 Å². The van der Waals surface area contributed by atoms with E-state index in [2.05, 4.69) is 60.0 Å². The summed E-state index contributed by atoms with van der Waals surface area (Å²) in [6, 6.07) is 19.3. The molecule has 16 heavy (non-hydrogen) atoms. The Morgan fingerprint density at radius 1 is 0.812 bits per heavy atom. The van der Waals surface area contributed by atoms with E-state index >= 15 is 0 Å². The summed E-state index contributed by atoms with van der Waals surface area (Å²) in [7, 11) is 0. The molecule has 3 rings (SSSR count). The summed E-state index contributed by atoms with van der Waals surface area (Å²) in [4.78, 5) is 1.34. The van der Waals surface area contributed by atoms with Crippen molar-refractivity contribution in [1.29, 1.82) is 0 Å². The predicted octanol–water partition coefficient (Wildman–Crippen LogP) is 1.68. The summed E-state index contributed by atoms with van der Waals surface area (Å²) in [5.41, 5.74) is 1.34. The first-order valence-corrected chi connectivity index (χ1v) is 5.85. The van der Waals surface area contributed by atoms with Gasteiger partial charge in [-0.1, -0.05) is 48.5 Å². The summed E-state index contributed by atoms with van der Waals surface area (Å²) in [5, 5.41) is 4.77. The number of benzene rings is 2. The van der Waals surface area contributed by atoms with Gasteiger partial charge in [-0.3, -0.25) is 0 Å². The molecule has 1 aromatic heterocycles. The summed E-state index contributed by atoms with van der Waals surface area (Å²) in [5.74, 6) is 0. The van der Waals surface area contributed by atoms with Crippen LogP contribution in [0.3, 0.4) is 0 Å². The third-order valence-corrected chi connectivity index (χ3v) is 3.48. The summed E-state index contributed by atoms with van der Waals surface area (Å²) >= 11 is 1.79. The van der Waals surface area contributed by atoms with Gasteiger partial charge in [0.15, 0.2) is 0 Å². The van der Waals surface area contributed by atoms with Crippen LogP contribution in [-0.2, 0) is 0 Å². The molecule has 2 heteroatoms. The van der Waals surface area contributed by atoms with Crippen LogP contribution in [0.15, 0.2) is 60.0 Å². The van der Waals surface area contributed by atoms with Crippen LogP contribution in [-0.4, -0.2) is 0 Å². The number of hydrogen-bond acceptors (Lipinski definition) is 1. The number of hydrogen-bond donors (Lipinski definition) is 0. The molecular weight excluding hydrogens is 223 g/mol. The van der Waals surface area contributed by atoms with Gasteiger partial charge in [-0.15, -0.1) is 11.3 Å². The van der Waals surface area contributed by atoms with E-state index in [4.69, 9.17) is 0 Å². The molecule has 0 aliphatic rings. The first kappa shape index (κ1) is 11.9. The molecule has 0 saturated heterocycles. The Kier molecular flexibility index (Phi) is 3.82. The van der Waals surface area contributed by atoms with E-state index in [0.717, 1.165) is 0 Å². The Morgan fingerprint density at radius 2 is 1.62 bits per heavy atom. The van der Waals surface area contributed by atoms with Gasteiger partial charge in [0, 0.05) is 4.88 Å². The average Bonchev–Trinajstić information content (AvgIpc) is 2.82. The van der Waals surface area contributed by atoms with Gasteiger partial charge in [0.25, 0.3) is 0 Å². The third-order valence-electron chi connectivity index (χ3n) is 2.58. The van der Waals surface area contributed by atoms with Gasteiger partial charge in [-0.05, 0) is 27.8 Å².